The zero-order valence-corrected chi connectivity index (χ0v) is 37.4. The minimum atomic E-state index is -1.83. The van der Waals surface area contributed by atoms with Crippen molar-refractivity contribution in [1.82, 2.24) is 9.55 Å². The second-order valence-electron chi connectivity index (χ2n) is 19.2. The summed E-state index contributed by atoms with van der Waals surface area (Å²) in [5.74, 6) is 1.50. The number of ether oxygens (including phenoxy) is 2. The summed E-state index contributed by atoms with van der Waals surface area (Å²) < 4.78 is 35.8. The van der Waals surface area contributed by atoms with Gasteiger partial charge in [0.25, 0.3) is 0 Å². The van der Waals surface area contributed by atoms with Gasteiger partial charge in [-0.25, -0.2) is 4.98 Å². The Morgan fingerprint density at radius 2 is 1.46 bits per heavy atom. The molecule has 6 aromatic rings. The normalized spacial score (nSPS) is 22.1. The minimum absolute atomic E-state index is 0. The molecule has 5 nitrogen and oxygen atoms in total. The first kappa shape index (κ1) is 36.2. The van der Waals surface area contributed by atoms with Crippen LogP contribution in [0.3, 0.4) is 0 Å². The van der Waals surface area contributed by atoms with E-state index in [2.05, 4.69) is 136 Å². The van der Waals surface area contributed by atoms with E-state index >= 15 is 0 Å². The number of hydrogen-bond donors (Lipinski definition) is 0. The molecular weight excluding hydrogens is 870 g/mol. The predicted octanol–water partition coefficient (Wildman–Crippen LogP) is 12.1. The Morgan fingerprint density at radius 1 is 0.786 bits per heavy atom. The van der Waals surface area contributed by atoms with Gasteiger partial charge in [0.05, 0.1) is 5.52 Å². The van der Waals surface area contributed by atoms with Crippen molar-refractivity contribution in [2.24, 2.45) is 10.4 Å². The molecule has 0 radical (unpaired) electrons. The number of rotatable bonds is 3. The summed E-state index contributed by atoms with van der Waals surface area (Å²) in [7, 11) is 0. The first-order valence-corrected chi connectivity index (χ1v) is 19.6. The van der Waals surface area contributed by atoms with E-state index in [1.54, 1.807) is 0 Å². The van der Waals surface area contributed by atoms with E-state index in [9.17, 15) is 2.74 Å². The average Bonchev–Trinajstić information content (AvgIpc) is 3.66. The number of hydrogen-bond acceptors (Lipinski definition) is 4. The number of aliphatic imine (C=N–C) groups is 1. The molecule has 3 aliphatic rings. The Bertz CT molecular complexity index is 2800. The van der Waals surface area contributed by atoms with Gasteiger partial charge in [0.15, 0.2) is 0 Å². The van der Waals surface area contributed by atoms with Crippen LogP contribution in [0.5, 0.6) is 11.5 Å². The molecule has 9 rings (SSSR count). The van der Waals surface area contributed by atoms with Crippen molar-refractivity contribution in [2.45, 2.75) is 125 Å². The molecule has 0 amide bonds. The number of nitrogens with zero attached hydrogens (tertiary/aromatic N) is 3. The minimum Gasteiger partial charge on any atom is -0.510 e. The fourth-order valence-corrected chi connectivity index (χ4v) is 9.39. The van der Waals surface area contributed by atoms with E-state index in [4.69, 9.17) is 19.5 Å². The van der Waals surface area contributed by atoms with Crippen molar-refractivity contribution < 1.29 is 33.3 Å². The molecule has 0 saturated carbocycles. The summed E-state index contributed by atoms with van der Waals surface area (Å²) in [5.41, 5.74) is 10.6. The topological polar surface area (TPSA) is 48.6 Å². The van der Waals surface area contributed by atoms with Gasteiger partial charge >= 0.3 is 21.1 Å². The second-order valence-corrected chi connectivity index (χ2v) is 19.2. The van der Waals surface area contributed by atoms with Crippen molar-refractivity contribution >= 4 is 27.8 Å². The van der Waals surface area contributed by atoms with Gasteiger partial charge < -0.3 is 14.0 Å². The van der Waals surface area contributed by atoms with Crippen LogP contribution in [0.4, 0.5) is 0 Å². The fourth-order valence-electron chi connectivity index (χ4n) is 9.39. The summed E-state index contributed by atoms with van der Waals surface area (Å²) in [5, 5.41) is 2.33. The van der Waals surface area contributed by atoms with E-state index in [1.807, 2.05) is 32.2 Å². The quantitative estimate of drug-likeness (QED) is 0.166. The smallest absolute Gasteiger partial charge is 0.510 e. The van der Waals surface area contributed by atoms with Crippen molar-refractivity contribution in [3.05, 3.63) is 128 Å². The number of aryl methyl sites for hydroxylation is 5. The number of pyridine rings is 1. The first-order valence-electron chi connectivity index (χ1n) is 20.6. The number of aromatic nitrogens is 2. The summed E-state index contributed by atoms with van der Waals surface area (Å²) >= 11 is 0. The van der Waals surface area contributed by atoms with Crippen molar-refractivity contribution in [3.8, 4) is 17.2 Å². The van der Waals surface area contributed by atoms with Gasteiger partial charge in [0.1, 0.15) is 22.7 Å². The average molecular weight is 925 g/mol. The van der Waals surface area contributed by atoms with E-state index in [0.717, 1.165) is 55.6 Å². The Morgan fingerprint density at radius 3 is 2.16 bits per heavy atom. The molecule has 0 saturated heterocycles. The Balaban J connectivity index is 0.00000469. The fraction of sp³-hybridized carbons (Fsp3) is 0.400. The van der Waals surface area contributed by atoms with Gasteiger partial charge in [-0.2, -0.15) is 6.07 Å². The molecule has 2 aromatic heterocycles. The van der Waals surface area contributed by atoms with E-state index < -0.39 is 22.9 Å². The van der Waals surface area contributed by atoms with Crippen molar-refractivity contribution in [3.63, 3.8) is 0 Å². The van der Waals surface area contributed by atoms with Gasteiger partial charge in [-0.15, -0.1) is 28.8 Å². The van der Waals surface area contributed by atoms with E-state index in [0.29, 0.717) is 28.5 Å². The van der Waals surface area contributed by atoms with Crippen LogP contribution >= 0.6 is 0 Å². The molecule has 4 heterocycles. The van der Waals surface area contributed by atoms with Crippen LogP contribution in [-0.4, -0.2) is 21.0 Å². The molecule has 0 bridgehead atoms. The maximum Gasteiger partial charge on any atom is 2.00 e. The summed E-state index contributed by atoms with van der Waals surface area (Å²) in [6.07, 6.45) is 0.108. The standard InChI is InChI=1S/C50H53N3O2.Pt/c1-27-15-36-37-16-28(2)26-51-44(37)53-41-24-42(31(5)20-39(41)48(12,13)40(17-27)43(36)53)54-35-22-32(21-34(23-35)46(6,7)8)45-52-49(14)38-19-30(4)29(3)18-33(38)25-50(49,55-45)47(9,10)11;/h15-21,23,26H,25H2,1-14H3;/q-2;+2/t49-,50-;/m1./s1/i25D2;. The predicted molar refractivity (Wildman–Crippen MR) is 225 cm³/mol. The van der Waals surface area contributed by atoms with Gasteiger partial charge in [0, 0.05) is 43.0 Å². The van der Waals surface area contributed by atoms with E-state index in [-0.39, 0.29) is 31.9 Å². The molecule has 0 fully saturated rings. The largest absolute Gasteiger partial charge is 2.00 e. The second kappa shape index (κ2) is 12.2. The van der Waals surface area contributed by atoms with Gasteiger partial charge in [-0.05, 0) is 91.0 Å². The molecular formula is C50H53N3O2Pt. The molecule has 1 aliphatic carbocycles. The molecule has 6 heteroatoms. The van der Waals surface area contributed by atoms with Crippen molar-refractivity contribution in [2.75, 3.05) is 0 Å². The third kappa shape index (κ3) is 5.28. The molecule has 290 valence electrons. The van der Waals surface area contributed by atoms with Crippen LogP contribution < -0.4 is 4.74 Å². The molecule has 56 heavy (non-hydrogen) atoms. The third-order valence-corrected chi connectivity index (χ3v) is 12.7. The van der Waals surface area contributed by atoms with Crippen LogP contribution in [-0.2, 0) is 48.5 Å². The molecule has 0 unspecified atom stereocenters. The molecule has 4 aromatic carbocycles. The van der Waals surface area contributed by atoms with Crippen LogP contribution in [0.2, 0.25) is 0 Å². The SMILES string of the molecule is [2H]C1([2H])c2cc(C)c(C)cc2[C@@]2(C)N=C(c3[c-]c(Oc4[c-]c5c(cc4C)C(C)(C)c4cc(C)cc6c7cc(C)cnc7n-5c46)cc(C(C)(C)C)c3)O[C@@]12C(C)(C)C.[Pt+2]. The molecule has 0 spiro atoms. The Hall–Kier alpha value is -4.21. The summed E-state index contributed by atoms with van der Waals surface area (Å²) in [4.78, 5) is 10.4. The maximum absolute atomic E-state index is 9.77. The maximum atomic E-state index is 9.77. The summed E-state index contributed by atoms with van der Waals surface area (Å²) in [6, 6.07) is 24.6. The number of fused-ring (bicyclic) bond motifs is 8. The molecule has 0 N–H and O–H groups in total. The van der Waals surface area contributed by atoms with Crippen molar-refractivity contribution in [1.29, 1.82) is 0 Å². The van der Waals surface area contributed by atoms with Gasteiger partial charge in [-0.3, -0.25) is 4.99 Å². The zero-order valence-electron chi connectivity index (χ0n) is 37.2. The van der Waals surface area contributed by atoms with Gasteiger partial charge in [0.2, 0.25) is 0 Å². The van der Waals surface area contributed by atoms with Crippen LogP contribution in [0.25, 0.3) is 27.6 Å². The van der Waals surface area contributed by atoms with Crippen LogP contribution in [0.15, 0.2) is 59.7 Å². The van der Waals surface area contributed by atoms with E-state index in [1.165, 1.54) is 22.1 Å². The number of benzene rings is 4. The Labute approximate surface area is 350 Å². The molecule has 2 atom stereocenters. The Kier molecular flexibility index (Phi) is 7.84. The monoisotopic (exact) mass is 924 g/mol. The van der Waals surface area contributed by atoms with Crippen LogP contribution in [0, 0.1) is 52.2 Å². The summed E-state index contributed by atoms with van der Waals surface area (Å²) in [6.45, 7) is 29.8. The van der Waals surface area contributed by atoms with Gasteiger partial charge in [-0.1, -0.05) is 109 Å². The third-order valence-electron chi connectivity index (χ3n) is 12.7. The molecule has 2 aliphatic heterocycles. The first-order chi connectivity index (χ1) is 26.4. The van der Waals surface area contributed by atoms with Crippen LogP contribution in [0.1, 0.15) is 126 Å². The zero-order chi connectivity index (χ0) is 41.2.